The Balaban J connectivity index is 1.37. The van der Waals surface area contributed by atoms with Crippen LogP contribution in [-0.4, -0.2) is 15.0 Å². The molecule has 0 bridgehead atoms. The topological polar surface area (TPSA) is 38.7 Å². The number of hydrogen-bond acceptors (Lipinski definition) is 3. The van der Waals surface area contributed by atoms with Crippen molar-refractivity contribution in [1.82, 2.24) is 15.0 Å². The maximum absolute atomic E-state index is 5.18. The summed E-state index contributed by atoms with van der Waals surface area (Å²) in [5, 5.41) is 4.54. The van der Waals surface area contributed by atoms with Gasteiger partial charge in [0.1, 0.15) is 0 Å². The van der Waals surface area contributed by atoms with E-state index in [4.69, 9.17) is 15.0 Å². The van der Waals surface area contributed by atoms with Gasteiger partial charge >= 0.3 is 0 Å². The fourth-order valence-electron chi connectivity index (χ4n) is 6.07. The monoisotopic (exact) mass is 561 g/mol. The van der Waals surface area contributed by atoms with Crippen molar-refractivity contribution in [3.63, 3.8) is 0 Å². The molecule has 0 amide bonds. The average Bonchev–Trinajstić information content (AvgIpc) is 3.11. The minimum absolute atomic E-state index is 0.651. The highest BCUT2D eigenvalue weighted by Gasteiger charge is 2.17. The van der Waals surface area contributed by atoms with Gasteiger partial charge in [0.25, 0.3) is 0 Å². The first-order valence-electron chi connectivity index (χ1n) is 14.8. The number of aromatic nitrogens is 3. The van der Waals surface area contributed by atoms with Crippen LogP contribution in [-0.2, 0) is 0 Å². The molecule has 0 saturated heterocycles. The lowest BCUT2D eigenvalue weighted by molar-refractivity contribution is 1.08. The van der Waals surface area contributed by atoms with Gasteiger partial charge < -0.3 is 0 Å². The molecule has 1 aromatic heterocycles. The Kier molecular flexibility index (Phi) is 6.47. The first-order chi connectivity index (χ1) is 21.8. The van der Waals surface area contributed by atoms with Crippen molar-refractivity contribution < 1.29 is 0 Å². The SMILES string of the molecule is c1ccc(-c2nc(-c3cccc4c(-c5ccccc5)cccc34)nc(-c3ccc(-c4ccccc4)c4ccccc34)n2)cc1. The van der Waals surface area contributed by atoms with Gasteiger partial charge in [0.15, 0.2) is 17.5 Å². The lowest BCUT2D eigenvalue weighted by Crippen LogP contribution is -2.01. The molecule has 0 N–H and O–H groups in total. The second-order valence-corrected chi connectivity index (χ2v) is 10.8. The molecule has 0 unspecified atom stereocenters. The fraction of sp³-hybridized carbons (Fsp3) is 0. The van der Waals surface area contributed by atoms with E-state index in [9.17, 15) is 0 Å². The van der Waals surface area contributed by atoms with Gasteiger partial charge in [0.05, 0.1) is 0 Å². The van der Waals surface area contributed by atoms with Crippen LogP contribution in [0.25, 0.3) is 78.0 Å². The molecule has 0 fully saturated rings. The van der Waals surface area contributed by atoms with Crippen molar-refractivity contribution in [2.24, 2.45) is 0 Å². The van der Waals surface area contributed by atoms with Crippen LogP contribution in [0.4, 0.5) is 0 Å². The molecule has 1 heterocycles. The zero-order valence-corrected chi connectivity index (χ0v) is 23.9. The fourth-order valence-corrected chi connectivity index (χ4v) is 6.07. The summed E-state index contributed by atoms with van der Waals surface area (Å²) in [4.78, 5) is 15.3. The summed E-state index contributed by atoms with van der Waals surface area (Å²) in [5.41, 5.74) is 7.64. The van der Waals surface area contributed by atoms with Gasteiger partial charge in [0.2, 0.25) is 0 Å². The highest BCUT2D eigenvalue weighted by atomic mass is 15.0. The summed E-state index contributed by atoms with van der Waals surface area (Å²) in [7, 11) is 0. The summed E-state index contributed by atoms with van der Waals surface area (Å²) < 4.78 is 0. The third-order valence-electron chi connectivity index (χ3n) is 8.16. The molecule has 3 heteroatoms. The van der Waals surface area contributed by atoms with Gasteiger partial charge in [-0.25, -0.2) is 15.0 Å². The van der Waals surface area contributed by atoms with Crippen LogP contribution < -0.4 is 0 Å². The number of nitrogens with zero attached hydrogens (tertiary/aromatic N) is 3. The van der Waals surface area contributed by atoms with E-state index >= 15 is 0 Å². The Labute approximate surface area is 256 Å². The van der Waals surface area contributed by atoms with Gasteiger partial charge in [0, 0.05) is 16.7 Å². The minimum Gasteiger partial charge on any atom is -0.208 e. The van der Waals surface area contributed by atoms with Gasteiger partial charge in [-0.05, 0) is 49.9 Å². The van der Waals surface area contributed by atoms with Gasteiger partial charge in [-0.3, -0.25) is 0 Å². The quantitative estimate of drug-likeness (QED) is 0.210. The van der Waals surface area contributed by atoms with Crippen LogP contribution in [0.15, 0.2) is 164 Å². The first-order valence-corrected chi connectivity index (χ1v) is 14.8. The van der Waals surface area contributed by atoms with Crippen molar-refractivity contribution >= 4 is 21.5 Å². The highest BCUT2D eigenvalue weighted by molar-refractivity contribution is 6.05. The highest BCUT2D eigenvalue weighted by Crippen LogP contribution is 2.37. The van der Waals surface area contributed by atoms with Crippen molar-refractivity contribution in [2.45, 2.75) is 0 Å². The molecule has 0 radical (unpaired) electrons. The molecule has 0 atom stereocenters. The van der Waals surface area contributed by atoms with E-state index in [1.165, 1.54) is 22.3 Å². The molecule has 0 aliphatic heterocycles. The molecule has 7 aromatic carbocycles. The van der Waals surface area contributed by atoms with E-state index in [-0.39, 0.29) is 0 Å². The molecule has 0 aliphatic rings. The summed E-state index contributed by atoms with van der Waals surface area (Å²) in [6.07, 6.45) is 0. The largest absolute Gasteiger partial charge is 0.208 e. The summed E-state index contributed by atoms with van der Waals surface area (Å²) in [6, 6.07) is 56.9. The Morgan fingerprint density at radius 3 is 1.11 bits per heavy atom. The Bertz CT molecular complexity index is 2170. The zero-order chi connectivity index (χ0) is 29.3. The minimum atomic E-state index is 0.651. The van der Waals surface area contributed by atoms with Crippen LogP contribution in [0.3, 0.4) is 0 Å². The lowest BCUT2D eigenvalue weighted by atomic mass is 9.94. The van der Waals surface area contributed by atoms with Gasteiger partial charge in [-0.15, -0.1) is 0 Å². The van der Waals surface area contributed by atoms with Crippen LogP contribution in [0.1, 0.15) is 0 Å². The first kappa shape index (κ1) is 25.8. The zero-order valence-electron chi connectivity index (χ0n) is 23.9. The number of fused-ring (bicyclic) bond motifs is 2. The molecular weight excluding hydrogens is 534 g/mol. The lowest BCUT2D eigenvalue weighted by Gasteiger charge is -2.14. The standard InChI is InChI=1S/C41H27N3/c1-4-14-28(15-5-1)31-22-12-24-36-34(31)23-13-25-37(36)40-42-39(30-18-8-3-9-19-30)43-41(44-40)38-27-26-32(29-16-6-2-7-17-29)33-20-10-11-21-35(33)38/h1-27H. The second kappa shape index (κ2) is 11.0. The van der Waals surface area contributed by atoms with E-state index in [0.29, 0.717) is 17.5 Å². The van der Waals surface area contributed by atoms with Crippen LogP contribution in [0.5, 0.6) is 0 Å². The Morgan fingerprint density at radius 2 is 0.568 bits per heavy atom. The van der Waals surface area contributed by atoms with E-state index in [1.807, 2.05) is 30.3 Å². The third kappa shape index (κ3) is 4.61. The predicted octanol–water partition coefficient (Wildman–Crippen LogP) is 10.5. The maximum atomic E-state index is 5.18. The number of rotatable bonds is 5. The Morgan fingerprint density at radius 1 is 0.227 bits per heavy atom. The maximum Gasteiger partial charge on any atom is 0.164 e. The summed E-state index contributed by atoms with van der Waals surface area (Å²) >= 11 is 0. The van der Waals surface area contributed by atoms with Gasteiger partial charge in [-0.1, -0.05) is 158 Å². The van der Waals surface area contributed by atoms with Crippen LogP contribution in [0.2, 0.25) is 0 Å². The molecular formula is C41H27N3. The molecule has 8 aromatic rings. The third-order valence-corrected chi connectivity index (χ3v) is 8.16. The van der Waals surface area contributed by atoms with Gasteiger partial charge in [-0.2, -0.15) is 0 Å². The molecule has 44 heavy (non-hydrogen) atoms. The van der Waals surface area contributed by atoms with Crippen LogP contribution >= 0.6 is 0 Å². The molecule has 8 rings (SSSR count). The predicted molar refractivity (Wildman–Crippen MR) is 182 cm³/mol. The Hall–Kier alpha value is -5.93. The molecule has 3 nitrogen and oxygen atoms in total. The van der Waals surface area contributed by atoms with Crippen molar-refractivity contribution in [1.29, 1.82) is 0 Å². The summed E-state index contributed by atoms with van der Waals surface area (Å²) in [6.45, 7) is 0. The number of benzene rings is 7. The molecule has 206 valence electrons. The van der Waals surface area contributed by atoms with Crippen molar-refractivity contribution in [3.8, 4) is 56.4 Å². The van der Waals surface area contributed by atoms with E-state index < -0.39 is 0 Å². The number of hydrogen-bond donors (Lipinski definition) is 0. The van der Waals surface area contributed by atoms with Crippen LogP contribution in [0, 0.1) is 0 Å². The van der Waals surface area contributed by atoms with E-state index in [2.05, 4.69) is 133 Å². The molecule has 0 spiro atoms. The van der Waals surface area contributed by atoms with Crippen molar-refractivity contribution in [3.05, 3.63) is 164 Å². The second-order valence-electron chi connectivity index (χ2n) is 10.8. The normalized spacial score (nSPS) is 11.2. The van der Waals surface area contributed by atoms with E-state index in [1.54, 1.807) is 0 Å². The van der Waals surface area contributed by atoms with Crippen molar-refractivity contribution in [2.75, 3.05) is 0 Å². The van der Waals surface area contributed by atoms with E-state index in [0.717, 1.165) is 38.2 Å². The molecule has 0 saturated carbocycles. The average molecular weight is 562 g/mol. The smallest absolute Gasteiger partial charge is 0.164 e. The molecule has 0 aliphatic carbocycles. The summed E-state index contributed by atoms with van der Waals surface area (Å²) in [5.74, 6) is 1.96.